The van der Waals surface area contributed by atoms with Gasteiger partial charge in [0.15, 0.2) is 17.2 Å². The number of benzene rings is 2. The normalized spacial score (nSPS) is 12.5. The van der Waals surface area contributed by atoms with E-state index in [0.29, 0.717) is 40.0 Å². The standard InChI is InChI=1S/C24H21N7O4/c1-31-24(27-29-30-31)23(28-33-2)17-7-4-3-6-16(17)22-18(8-5-11-25-22)26-21(32)13-15-9-10-19-20(12-15)35-14-34-19/h3-12H,13-14H2,1-2H3,(H,26,32)/b28-23-. The van der Waals surface area contributed by atoms with E-state index in [0.717, 1.165) is 11.1 Å². The number of hydrogen-bond acceptors (Lipinski definition) is 9. The summed E-state index contributed by atoms with van der Waals surface area (Å²) in [4.78, 5) is 22.6. The number of amides is 1. The maximum absolute atomic E-state index is 12.9. The number of rotatable bonds is 7. The molecular formula is C24H21N7O4. The number of carbonyl (C=O) groups is 1. The Kier molecular flexibility index (Phi) is 6.03. The quantitative estimate of drug-likeness (QED) is 0.322. The minimum absolute atomic E-state index is 0.160. The van der Waals surface area contributed by atoms with Gasteiger partial charge in [-0.15, -0.1) is 5.10 Å². The molecule has 0 saturated carbocycles. The van der Waals surface area contributed by atoms with Gasteiger partial charge >= 0.3 is 0 Å². The zero-order valence-electron chi connectivity index (χ0n) is 19.0. The molecule has 0 spiro atoms. The molecule has 0 unspecified atom stereocenters. The lowest BCUT2D eigenvalue weighted by molar-refractivity contribution is -0.115. The smallest absolute Gasteiger partial charge is 0.231 e. The van der Waals surface area contributed by atoms with Crippen LogP contribution in [0.2, 0.25) is 0 Å². The first-order valence-corrected chi connectivity index (χ1v) is 10.7. The first-order valence-electron chi connectivity index (χ1n) is 10.7. The highest BCUT2D eigenvalue weighted by Gasteiger charge is 2.21. The molecule has 0 atom stereocenters. The molecule has 0 aliphatic carbocycles. The lowest BCUT2D eigenvalue weighted by Crippen LogP contribution is -2.16. The van der Waals surface area contributed by atoms with Crippen molar-refractivity contribution in [3.05, 3.63) is 77.7 Å². The Balaban J connectivity index is 1.46. The van der Waals surface area contributed by atoms with E-state index in [1.807, 2.05) is 36.4 Å². The summed E-state index contributed by atoms with van der Waals surface area (Å²) in [5.41, 5.74) is 3.78. The lowest BCUT2D eigenvalue weighted by atomic mass is 9.98. The first kappa shape index (κ1) is 22.0. The summed E-state index contributed by atoms with van der Waals surface area (Å²) in [6, 6.07) is 16.5. The molecule has 11 heteroatoms. The molecule has 11 nitrogen and oxygen atoms in total. The van der Waals surface area contributed by atoms with Gasteiger partial charge in [-0.25, -0.2) is 4.68 Å². The van der Waals surface area contributed by atoms with Crippen molar-refractivity contribution in [3.8, 4) is 22.8 Å². The van der Waals surface area contributed by atoms with E-state index in [1.165, 1.54) is 11.8 Å². The Bertz CT molecular complexity index is 1420. The molecule has 35 heavy (non-hydrogen) atoms. The summed E-state index contributed by atoms with van der Waals surface area (Å²) in [7, 11) is 3.17. The molecule has 0 radical (unpaired) electrons. The van der Waals surface area contributed by atoms with Crippen LogP contribution in [0.1, 0.15) is 17.0 Å². The van der Waals surface area contributed by atoms with Gasteiger partial charge in [0.05, 0.1) is 17.8 Å². The molecule has 1 aliphatic rings. The molecule has 1 N–H and O–H groups in total. The molecule has 0 fully saturated rings. The summed E-state index contributed by atoms with van der Waals surface area (Å²) >= 11 is 0. The summed E-state index contributed by atoms with van der Waals surface area (Å²) in [5.74, 6) is 1.53. The molecule has 5 rings (SSSR count). The molecule has 4 aromatic rings. The van der Waals surface area contributed by atoms with Crippen molar-refractivity contribution >= 4 is 17.3 Å². The summed E-state index contributed by atoms with van der Waals surface area (Å²) < 4.78 is 12.2. The molecule has 1 aliphatic heterocycles. The third-order valence-corrected chi connectivity index (χ3v) is 5.34. The van der Waals surface area contributed by atoms with Gasteiger partial charge in [-0.3, -0.25) is 9.78 Å². The van der Waals surface area contributed by atoms with E-state index < -0.39 is 0 Å². The maximum Gasteiger partial charge on any atom is 0.231 e. The zero-order chi connectivity index (χ0) is 24.2. The SMILES string of the molecule is CO/N=C(/c1ccccc1-c1ncccc1NC(=O)Cc1ccc2c(c1)OCO2)c1nnnn1C. The van der Waals surface area contributed by atoms with E-state index in [-0.39, 0.29) is 19.1 Å². The first-order chi connectivity index (χ1) is 17.1. The number of hydrogen-bond donors (Lipinski definition) is 1. The Labute approximate surface area is 200 Å². The topological polar surface area (TPSA) is 126 Å². The highest BCUT2D eigenvalue weighted by atomic mass is 16.7. The molecular weight excluding hydrogens is 450 g/mol. The van der Waals surface area contributed by atoms with Gasteiger partial charge in [0.25, 0.3) is 0 Å². The van der Waals surface area contributed by atoms with Crippen LogP contribution in [-0.4, -0.2) is 50.7 Å². The summed E-state index contributed by atoms with van der Waals surface area (Å²) in [6.45, 7) is 0.183. The van der Waals surface area contributed by atoms with Crippen molar-refractivity contribution in [2.75, 3.05) is 19.2 Å². The largest absolute Gasteiger partial charge is 0.454 e. The Morgan fingerprint density at radius 1 is 1.14 bits per heavy atom. The van der Waals surface area contributed by atoms with Gasteiger partial charge in [0.2, 0.25) is 18.5 Å². The van der Waals surface area contributed by atoms with Crippen LogP contribution in [0.4, 0.5) is 5.69 Å². The van der Waals surface area contributed by atoms with Gasteiger partial charge in [-0.05, 0) is 40.3 Å². The highest BCUT2D eigenvalue weighted by Crippen LogP contribution is 2.33. The average molecular weight is 471 g/mol. The van der Waals surface area contributed by atoms with Crippen LogP contribution in [0.3, 0.4) is 0 Å². The zero-order valence-corrected chi connectivity index (χ0v) is 19.0. The number of carbonyl (C=O) groups excluding carboxylic acids is 1. The van der Waals surface area contributed by atoms with Gasteiger partial charge in [-0.1, -0.05) is 35.5 Å². The predicted octanol–water partition coefficient (Wildman–Crippen LogP) is 2.58. The van der Waals surface area contributed by atoms with Gasteiger partial charge in [0.1, 0.15) is 7.11 Å². The highest BCUT2D eigenvalue weighted by molar-refractivity contribution is 6.14. The number of tetrazole rings is 1. The molecule has 0 saturated heterocycles. The van der Waals surface area contributed by atoms with E-state index in [9.17, 15) is 4.79 Å². The molecule has 176 valence electrons. The van der Waals surface area contributed by atoms with E-state index in [2.05, 4.69) is 31.0 Å². The molecule has 3 heterocycles. The van der Waals surface area contributed by atoms with Crippen molar-refractivity contribution in [2.24, 2.45) is 12.2 Å². The number of fused-ring (bicyclic) bond motifs is 1. The minimum atomic E-state index is -0.195. The number of anilines is 1. The number of aromatic nitrogens is 5. The van der Waals surface area contributed by atoms with Crippen LogP contribution < -0.4 is 14.8 Å². The molecule has 2 aromatic heterocycles. The number of ether oxygens (including phenoxy) is 2. The van der Waals surface area contributed by atoms with Crippen molar-refractivity contribution in [1.29, 1.82) is 0 Å². The fraction of sp³-hybridized carbons (Fsp3) is 0.167. The Hall–Kier alpha value is -4.80. The Morgan fingerprint density at radius 2 is 2.00 bits per heavy atom. The van der Waals surface area contributed by atoms with Crippen LogP contribution in [-0.2, 0) is 23.1 Å². The molecule has 2 aromatic carbocycles. The van der Waals surface area contributed by atoms with E-state index in [4.69, 9.17) is 14.3 Å². The third-order valence-electron chi connectivity index (χ3n) is 5.34. The van der Waals surface area contributed by atoms with E-state index in [1.54, 1.807) is 31.4 Å². The second kappa shape index (κ2) is 9.59. The number of nitrogens with one attached hydrogen (secondary N) is 1. The van der Waals surface area contributed by atoms with Gasteiger partial charge in [0, 0.05) is 24.4 Å². The van der Waals surface area contributed by atoms with Crippen molar-refractivity contribution in [1.82, 2.24) is 25.2 Å². The van der Waals surface area contributed by atoms with Crippen LogP contribution in [0, 0.1) is 0 Å². The second-order valence-electron chi connectivity index (χ2n) is 7.61. The van der Waals surface area contributed by atoms with Crippen molar-refractivity contribution in [3.63, 3.8) is 0 Å². The number of aryl methyl sites for hydroxylation is 1. The number of oxime groups is 1. The molecule has 0 bridgehead atoms. The van der Waals surface area contributed by atoms with Gasteiger partial charge < -0.3 is 19.6 Å². The van der Waals surface area contributed by atoms with Crippen molar-refractivity contribution in [2.45, 2.75) is 6.42 Å². The average Bonchev–Trinajstić information content (AvgIpc) is 3.51. The van der Waals surface area contributed by atoms with Crippen LogP contribution in [0.5, 0.6) is 11.5 Å². The monoisotopic (exact) mass is 471 g/mol. The molecule has 1 amide bonds. The van der Waals surface area contributed by atoms with E-state index >= 15 is 0 Å². The van der Waals surface area contributed by atoms with Gasteiger partial charge in [-0.2, -0.15) is 0 Å². The van der Waals surface area contributed by atoms with Crippen molar-refractivity contribution < 1.29 is 19.1 Å². The Morgan fingerprint density at radius 3 is 2.83 bits per heavy atom. The third kappa shape index (κ3) is 4.51. The fourth-order valence-electron chi connectivity index (χ4n) is 3.78. The fourth-order valence-corrected chi connectivity index (χ4v) is 3.78. The van der Waals surface area contributed by atoms with Crippen LogP contribution in [0.25, 0.3) is 11.3 Å². The number of nitrogens with zero attached hydrogens (tertiary/aromatic N) is 6. The maximum atomic E-state index is 12.9. The second-order valence-corrected chi connectivity index (χ2v) is 7.61. The summed E-state index contributed by atoms with van der Waals surface area (Å²) in [6.07, 6.45) is 1.82. The minimum Gasteiger partial charge on any atom is -0.454 e. The van der Waals surface area contributed by atoms with Crippen LogP contribution >= 0.6 is 0 Å². The number of pyridine rings is 1. The predicted molar refractivity (Wildman–Crippen MR) is 126 cm³/mol. The van der Waals surface area contributed by atoms with Crippen LogP contribution in [0.15, 0.2) is 65.9 Å². The summed E-state index contributed by atoms with van der Waals surface area (Å²) in [5, 5.41) is 18.8. The lowest BCUT2D eigenvalue weighted by Gasteiger charge is -2.14.